The van der Waals surface area contributed by atoms with Crippen molar-refractivity contribution in [2.45, 2.75) is 32.4 Å². The Kier molecular flexibility index (Phi) is 3.76. The van der Waals surface area contributed by atoms with Crippen molar-refractivity contribution in [1.82, 2.24) is 4.90 Å². The van der Waals surface area contributed by atoms with Crippen LogP contribution >= 0.6 is 0 Å². The van der Waals surface area contributed by atoms with Gasteiger partial charge in [-0.3, -0.25) is 4.90 Å². The first kappa shape index (κ1) is 12.9. The first-order valence-electron chi connectivity index (χ1n) is 7.38. The van der Waals surface area contributed by atoms with E-state index in [2.05, 4.69) is 23.1 Å². The highest BCUT2D eigenvalue weighted by Crippen LogP contribution is 2.38. The highest BCUT2D eigenvalue weighted by Gasteiger charge is 2.35. The first-order chi connectivity index (χ1) is 9.30. The van der Waals surface area contributed by atoms with E-state index in [9.17, 15) is 0 Å². The second kappa shape index (κ2) is 5.51. The van der Waals surface area contributed by atoms with Gasteiger partial charge >= 0.3 is 0 Å². The van der Waals surface area contributed by atoms with E-state index in [4.69, 9.17) is 10.5 Å². The third-order valence-electron chi connectivity index (χ3n) is 4.77. The molecule has 1 saturated heterocycles. The Labute approximate surface area is 115 Å². The molecule has 3 rings (SSSR count). The highest BCUT2D eigenvalue weighted by atomic mass is 16.5. The van der Waals surface area contributed by atoms with Crippen LogP contribution in [0.3, 0.4) is 0 Å². The smallest absolute Gasteiger partial charge is 0.123 e. The molecule has 0 spiro atoms. The molecule has 1 aliphatic heterocycles. The van der Waals surface area contributed by atoms with Crippen LogP contribution in [0.15, 0.2) is 18.2 Å². The normalized spacial score (nSPS) is 26.6. The van der Waals surface area contributed by atoms with Gasteiger partial charge in [-0.1, -0.05) is 12.5 Å². The fourth-order valence-electron chi connectivity index (χ4n) is 3.81. The van der Waals surface area contributed by atoms with Gasteiger partial charge in [0, 0.05) is 31.7 Å². The quantitative estimate of drug-likeness (QED) is 0.903. The SMILES string of the molecule is COc1ccc(CN2CC3CCCC3C2)cc1CN. The third kappa shape index (κ3) is 2.63. The molecule has 2 unspecified atom stereocenters. The molecule has 0 amide bonds. The molecule has 1 heterocycles. The zero-order valence-electron chi connectivity index (χ0n) is 11.8. The molecular weight excluding hydrogens is 236 g/mol. The van der Waals surface area contributed by atoms with Gasteiger partial charge in [0.2, 0.25) is 0 Å². The summed E-state index contributed by atoms with van der Waals surface area (Å²) in [4.78, 5) is 2.61. The molecule has 0 radical (unpaired) electrons. The van der Waals surface area contributed by atoms with Gasteiger partial charge in [-0.15, -0.1) is 0 Å². The van der Waals surface area contributed by atoms with Crippen molar-refractivity contribution < 1.29 is 4.74 Å². The molecule has 1 aromatic carbocycles. The topological polar surface area (TPSA) is 38.5 Å². The van der Waals surface area contributed by atoms with E-state index in [0.29, 0.717) is 6.54 Å². The minimum absolute atomic E-state index is 0.544. The summed E-state index contributed by atoms with van der Waals surface area (Å²) in [6, 6.07) is 6.42. The first-order valence-corrected chi connectivity index (χ1v) is 7.38. The Morgan fingerprint density at radius 3 is 2.63 bits per heavy atom. The van der Waals surface area contributed by atoms with E-state index < -0.39 is 0 Å². The summed E-state index contributed by atoms with van der Waals surface area (Å²) >= 11 is 0. The van der Waals surface area contributed by atoms with Crippen molar-refractivity contribution in [3.05, 3.63) is 29.3 Å². The van der Waals surface area contributed by atoms with E-state index in [1.54, 1.807) is 7.11 Å². The molecule has 19 heavy (non-hydrogen) atoms. The van der Waals surface area contributed by atoms with E-state index in [-0.39, 0.29) is 0 Å². The lowest BCUT2D eigenvalue weighted by Crippen LogP contribution is -2.21. The molecule has 2 atom stereocenters. The molecule has 2 N–H and O–H groups in total. The van der Waals surface area contributed by atoms with Crippen molar-refractivity contribution in [1.29, 1.82) is 0 Å². The number of nitrogens with two attached hydrogens (primary N) is 1. The molecule has 2 fully saturated rings. The monoisotopic (exact) mass is 260 g/mol. The lowest BCUT2D eigenvalue weighted by Gasteiger charge is -2.18. The molecule has 0 bridgehead atoms. The van der Waals surface area contributed by atoms with Gasteiger partial charge in [0.1, 0.15) is 5.75 Å². The zero-order valence-corrected chi connectivity index (χ0v) is 11.8. The highest BCUT2D eigenvalue weighted by molar-refractivity contribution is 5.37. The number of rotatable bonds is 4. The fraction of sp³-hybridized carbons (Fsp3) is 0.625. The summed E-state index contributed by atoms with van der Waals surface area (Å²) in [5.41, 5.74) is 8.26. The van der Waals surface area contributed by atoms with Gasteiger partial charge in [-0.25, -0.2) is 0 Å². The van der Waals surface area contributed by atoms with Crippen LogP contribution < -0.4 is 10.5 Å². The summed E-state index contributed by atoms with van der Waals surface area (Å²) in [6.07, 6.45) is 4.33. The Morgan fingerprint density at radius 1 is 1.26 bits per heavy atom. The van der Waals surface area contributed by atoms with Gasteiger partial charge in [0.05, 0.1) is 7.11 Å². The average molecular weight is 260 g/mol. The lowest BCUT2D eigenvalue weighted by molar-refractivity contribution is 0.303. The predicted octanol–water partition coefficient (Wildman–Crippen LogP) is 2.39. The van der Waals surface area contributed by atoms with E-state index in [0.717, 1.165) is 29.7 Å². The number of hydrogen-bond acceptors (Lipinski definition) is 3. The number of nitrogens with zero attached hydrogens (tertiary/aromatic N) is 1. The van der Waals surface area contributed by atoms with Crippen molar-refractivity contribution >= 4 is 0 Å². The maximum Gasteiger partial charge on any atom is 0.123 e. The van der Waals surface area contributed by atoms with Crippen LogP contribution in [0, 0.1) is 11.8 Å². The van der Waals surface area contributed by atoms with Crippen LogP contribution in [-0.2, 0) is 13.1 Å². The average Bonchev–Trinajstić information content (AvgIpc) is 2.99. The number of fused-ring (bicyclic) bond motifs is 1. The van der Waals surface area contributed by atoms with Gasteiger partial charge in [0.25, 0.3) is 0 Å². The zero-order chi connectivity index (χ0) is 13.2. The van der Waals surface area contributed by atoms with Gasteiger partial charge in [-0.05, 0) is 42.4 Å². The van der Waals surface area contributed by atoms with Gasteiger partial charge < -0.3 is 10.5 Å². The fourth-order valence-corrected chi connectivity index (χ4v) is 3.81. The second-order valence-corrected chi connectivity index (χ2v) is 6.00. The Balaban J connectivity index is 1.67. The van der Waals surface area contributed by atoms with Crippen LogP contribution in [0.1, 0.15) is 30.4 Å². The summed E-state index contributed by atoms with van der Waals surface area (Å²) in [5, 5.41) is 0. The van der Waals surface area contributed by atoms with Crippen LogP contribution in [0.25, 0.3) is 0 Å². The minimum atomic E-state index is 0.544. The number of hydrogen-bond donors (Lipinski definition) is 1. The van der Waals surface area contributed by atoms with Crippen LogP contribution in [-0.4, -0.2) is 25.1 Å². The number of benzene rings is 1. The summed E-state index contributed by atoms with van der Waals surface area (Å²) < 4.78 is 5.33. The van der Waals surface area contributed by atoms with Gasteiger partial charge in [0.15, 0.2) is 0 Å². The number of likely N-dealkylation sites (tertiary alicyclic amines) is 1. The summed E-state index contributed by atoms with van der Waals surface area (Å²) in [5.74, 6) is 2.84. The van der Waals surface area contributed by atoms with E-state index in [1.807, 2.05) is 0 Å². The molecule has 104 valence electrons. The van der Waals surface area contributed by atoms with Crippen LogP contribution in [0.4, 0.5) is 0 Å². The van der Waals surface area contributed by atoms with Crippen molar-refractivity contribution in [2.75, 3.05) is 20.2 Å². The lowest BCUT2D eigenvalue weighted by atomic mass is 10.0. The van der Waals surface area contributed by atoms with Crippen LogP contribution in [0.5, 0.6) is 5.75 Å². The van der Waals surface area contributed by atoms with Crippen LogP contribution in [0.2, 0.25) is 0 Å². The summed E-state index contributed by atoms with van der Waals surface area (Å²) in [7, 11) is 1.70. The Hall–Kier alpha value is -1.06. The molecule has 0 aromatic heterocycles. The molecule has 1 saturated carbocycles. The number of methoxy groups -OCH3 is 1. The maximum absolute atomic E-state index is 5.78. The van der Waals surface area contributed by atoms with Gasteiger partial charge in [-0.2, -0.15) is 0 Å². The Bertz CT molecular complexity index is 434. The van der Waals surface area contributed by atoms with E-state index in [1.165, 1.54) is 37.9 Å². The predicted molar refractivity (Wildman–Crippen MR) is 77.0 cm³/mol. The minimum Gasteiger partial charge on any atom is -0.496 e. The van der Waals surface area contributed by atoms with Crippen molar-refractivity contribution in [3.63, 3.8) is 0 Å². The Morgan fingerprint density at radius 2 is 2.00 bits per heavy atom. The number of ether oxygens (including phenoxy) is 1. The van der Waals surface area contributed by atoms with Crippen molar-refractivity contribution in [3.8, 4) is 5.75 Å². The van der Waals surface area contributed by atoms with Crippen molar-refractivity contribution in [2.24, 2.45) is 17.6 Å². The molecule has 3 nitrogen and oxygen atoms in total. The van der Waals surface area contributed by atoms with E-state index >= 15 is 0 Å². The summed E-state index contributed by atoms with van der Waals surface area (Å²) in [6.45, 7) is 4.18. The largest absolute Gasteiger partial charge is 0.496 e. The standard InChI is InChI=1S/C16H24N2O/c1-19-16-6-5-12(7-15(16)8-17)9-18-10-13-3-2-4-14(13)11-18/h5-7,13-14H,2-4,8-11,17H2,1H3. The maximum atomic E-state index is 5.78. The molecule has 1 aliphatic carbocycles. The molecule has 3 heteroatoms. The molecule has 1 aromatic rings. The third-order valence-corrected chi connectivity index (χ3v) is 4.77. The molecule has 2 aliphatic rings. The molecular formula is C16H24N2O. The second-order valence-electron chi connectivity index (χ2n) is 6.00.